The van der Waals surface area contributed by atoms with E-state index in [2.05, 4.69) is 10.6 Å². The van der Waals surface area contributed by atoms with E-state index in [1.165, 1.54) is 6.42 Å². The highest BCUT2D eigenvalue weighted by Gasteiger charge is 2.25. The van der Waals surface area contributed by atoms with Crippen molar-refractivity contribution in [3.8, 4) is 0 Å². The van der Waals surface area contributed by atoms with E-state index < -0.39 is 6.03 Å². The molecule has 0 saturated heterocycles. The molecule has 0 heterocycles. The molecule has 7 heteroatoms. The van der Waals surface area contributed by atoms with Crippen molar-refractivity contribution in [2.24, 2.45) is 17.4 Å². The summed E-state index contributed by atoms with van der Waals surface area (Å²) in [5, 5.41) is 5.52. The maximum absolute atomic E-state index is 12.3. The Hall–Kier alpha value is -1.79. The highest BCUT2D eigenvalue weighted by atomic mass is 35.5. The van der Waals surface area contributed by atoms with Gasteiger partial charge in [0.1, 0.15) is 0 Å². The van der Waals surface area contributed by atoms with Crippen LogP contribution in [0, 0.1) is 5.92 Å². The van der Waals surface area contributed by atoms with E-state index >= 15 is 0 Å². The molecule has 2 rings (SSSR count). The predicted molar refractivity (Wildman–Crippen MR) is 89.2 cm³/mol. The molecule has 0 radical (unpaired) electrons. The molecular formula is C15H23ClN4O2. The number of rotatable bonds is 4. The summed E-state index contributed by atoms with van der Waals surface area (Å²) >= 11 is 0. The lowest BCUT2D eigenvalue weighted by Gasteiger charge is -2.31. The van der Waals surface area contributed by atoms with E-state index in [0.717, 1.165) is 19.3 Å². The molecule has 0 bridgehead atoms. The summed E-state index contributed by atoms with van der Waals surface area (Å²) in [7, 11) is 0. The van der Waals surface area contributed by atoms with E-state index in [4.69, 9.17) is 11.5 Å². The average molecular weight is 327 g/mol. The van der Waals surface area contributed by atoms with Gasteiger partial charge in [-0.05, 0) is 43.5 Å². The molecule has 2 unspecified atom stereocenters. The first kappa shape index (κ1) is 18.3. The quantitative estimate of drug-likeness (QED) is 0.677. The second-order valence-corrected chi connectivity index (χ2v) is 5.43. The number of hydrogen-bond donors (Lipinski definition) is 4. The summed E-state index contributed by atoms with van der Waals surface area (Å²) in [6.07, 6.45) is 4.31. The molecule has 1 fully saturated rings. The number of halogens is 1. The van der Waals surface area contributed by atoms with E-state index in [0.29, 0.717) is 23.7 Å². The first-order valence-corrected chi connectivity index (χ1v) is 7.27. The van der Waals surface area contributed by atoms with Crippen LogP contribution >= 0.6 is 12.4 Å². The van der Waals surface area contributed by atoms with E-state index in [1.54, 1.807) is 24.3 Å². The van der Waals surface area contributed by atoms with Crippen molar-refractivity contribution >= 4 is 30.0 Å². The Labute approximate surface area is 136 Å². The third-order valence-corrected chi connectivity index (χ3v) is 3.92. The zero-order chi connectivity index (χ0) is 15.2. The fourth-order valence-corrected chi connectivity index (χ4v) is 2.81. The molecule has 0 aromatic heterocycles. The highest BCUT2D eigenvalue weighted by Crippen LogP contribution is 2.24. The molecule has 22 heavy (non-hydrogen) atoms. The number of hydrogen-bond acceptors (Lipinski definition) is 3. The van der Waals surface area contributed by atoms with Crippen LogP contribution in [-0.2, 0) is 0 Å². The van der Waals surface area contributed by atoms with Gasteiger partial charge >= 0.3 is 6.03 Å². The van der Waals surface area contributed by atoms with Crippen LogP contribution < -0.4 is 22.1 Å². The first-order valence-electron chi connectivity index (χ1n) is 7.27. The number of anilines is 1. The van der Waals surface area contributed by atoms with Gasteiger partial charge in [-0.15, -0.1) is 12.4 Å². The molecule has 0 spiro atoms. The third kappa shape index (κ3) is 4.89. The number of nitrogens with one attached hydrogen (secondary N) is 2. The molecule has 0 aliphatic heterocycles. The van der Waals surface area contributed by atoms with Crippen molar-refractivity contribution in [1.82, 2.24) is 5.32 Å². The largest absolute Gasteiger partial charge is 0.351 e. The summed E-state index contributed by atoms with van der Waals surface area (Å²) in [4.78, 5) is 23.2. The van der Waals surface area contributed by atoms with Crippen molar-refractivity contribution in [3.05, 3.63) is 29.8 Å². The monoisotopic (exact) mass is 326 g/mol. The minimum atomic E-state index is -0.650. The van der Waals surface area contributed by atoms with Gasteiger partial charge in [0.15, 0.2) is 0 Å². The van der Waals surface area contributed by atoms with Crippen LogP contribution in [0.2, 0.25) is 0 Å². The number of urea groups is 1. The van der Waals surface area contributed by atoms with Crippen molar-refractivity contribution in [3.63, 3.8) is 0 Å². The van der Waals surface area contributed by atoms with E-state index in [1.807, 2.05) is 0 Å². The Balaban J connectivity index is 0.00000242. The van der Waals surface area contributed by atoms with E-state index in [-0.39, 0.29) is 24.4 Å². The lowest BCUT2D eigenvalue weighted by Crippen LogP contribution is -2.44. The van der Waals surface area contributed by atoms with Crippen LogP contribution in [0.25, 0.3) is 0 Å². The van der Waals surface area contributed by atoms with Gasteiger partial charge in [-0.25, -0.2) is 4.79 Å². The van der Waals surface area contributed by atoms with Crippen molar-refractivity contribution in [2.45, 2.75) is 31.7 Å². The minimum Gasteiger partial charge on any atom is -0.351 e. The van der Waals surface area contributed by atoms with Crippen LogP contribution in [0.15, 0.2) is 24.3 Å². The lowest BCUT2D eigenvalue weighted by atomic mass is 9.84. The Kier molecular flexibility index (Phi) is 7.14. The number of benzene rings is 1. The SMILES string of the molecule is Cl.NCC1CCCCC1NC(=O)c1cccc(NC(N)=O)c1. The third-order valence-electron chi connectivity index (χ3n) is 3.92. The fourth-order valence-electron chi connectivity index (χ4n) is 2.81. The molecule has 122 valence electrons. The van der Waals surface area contributed by atoms with Gasteiger partial charge in [-0.1, -0.05) is 18.9 Å². The molecule has 1 aliphatic carbocycles. The number of nitrogens with two attached hydrogens (primary N) is 2. The second-order valence-electron chi connectivity index (χ2n) is 5.43. The maximum Gasteiger partial charge on any atom is 0.316 e. The maximum atomic E-state index is 12.3. The van der Waals surface area contributed by atoms with Crippen molar-refractivity contribution in [1.29, 1.82) is 0 Å². The van der Waals surface area contributed by atoms with Crippen molar-refractivity contribution in [2.75, 3.05) is 11.9 Å². The molecule has 1 aromatic carbocycles. The Morgan fingerprint density at radius 1 is 1.23 bits per heavy atom. The number of carbonyl (C=O) groups excluding carboxylic acids is 2. The average Bonchev–Trinajstić information content (AvgIpc) is 2.47. The molecule has 1 saturated carbocycles. The normalized spacial score (nSPS) is 20.6. The second kappa shape index (κ2) is 8.60. The minimum absolute atomic E-state index is 0. The topological polar surface area (TPSA) is 110 Å². The summed E-state index contributed by atoms with van der Waals surface area (Å²) in [5.74, 6) is 0.197. The first-order chi connectivity index (χ1) is 10.1. The highest BCUT2D eigenvalue weighted by molar-refractivity contribution is 5.96. The van der Waals surface area contributed by atoms with Gasteiger partial charge < -0.3 is 22.1 Å². The standard InChI is InChI=1S/C15H22N4O2.ClH/c16-9-11-4-1-2-7-13(11)19-14(20)10-5-3-6-12(8-10)18-15(17)21;/h3,5-6,8,11,13H,1-2,4,7,9,16H2,(H,19,20)(H3,17,18,21);1H. The summed E-state index contributed by atoms with van der Waals surface area (Å²) in [6, 6.07) is 6.20. The number of carbonyl (C=O) groups is 2. The molecule has 2 atom stereocenters. The molecule has 1 aliphatic rings. The molecule has 6 N–H and O–H groups in total. The summed E-state index contributed by atoms with van der Waals surface area (Å²) in [6.45, 7) is 0.591. The van der Waals surface area contributed by atoms with Gasteiger partial charge in [-0.2, -0.15) is 0 Å². The van der Waals surface area contributed by atoms with Gasteiger partial charge in [0.05, 0.1) is 0 Å². The van der Waals surface area contributed by atoms with Crippen LogP contribution in [0.4, 0.5) is 10.5 Å². The van der Waals surface area contributed by atoms with E-state index in [9.17, 15) is 9.59 Å². The predicted octanol–water partition coefficient (Wildman–Crippen LogP) is 1.85. The van der Waals surface area contributed by atoms with Crippen LogP contribution in [0.5, 0.6) is 0 Å². The molecule has 6 nitrogen and oxygen atoms in total. The molecule has 1 aromatic rings. The van der Waals surface area contributed by atoms with Gasteiger partial charge in [-0.3, -0.25) is 4.79 Å². The number of amides is 3. The molecule has 3 amide bonds. The smallest absolute Gasteiger partial charge is 0.316 e. The van der Waals surface area contributed by atoms with Crippen LogP contribution in [0.3, 0.4) is 0 Å². The fraction of sp³-hybridized carbons (Fsp3) is 0.467. The molecular weight excluding hydrogens is 304 g/mol. The zero-order valence-corrected chi connectivity index (χ0v) is 13.2. The van der Waals surface area contributed by atoms with Gasteiger partial charge in [0.2, 0.25) is 0 Å². The lowest BCUT2D eigenvalue weighted by molar-refractivity contribution is 0.0908. The van der Waals surface area contributed by atoms with Crippen molar-refractivity contribution < 1.29 is 9.59 Å². The van der Waals surface area contributed by atoms with Crippen LogP contribution in [-0.4, -0.2) is 24.5 Å². The zero-order valence-electron chi connectivity index (χ0n) is 12.4. The number of primary amides is 1. The Bertz CT molecular complexity index is 524. The van der Waals surface area contributed by atoms with Crippen LogP contribution in [0.1, 0.15) is 36.0 Å². The van der Waals surface area contributed by atoms with Gasteiger partial charge in [0.25, 0.3) is 5.91 Å². The Morgan fingerprint density at radius 2 is 1.95 bits per heavy atom. The van der Waals surface area contributed by atoms with Gasteiger partial charge in [0, 0.05) is 17.3 Å². The summed E-state index contributed by atoms with van der Waals surface area (Å²) < 4.78 is 0. The summed E-state index contributed by atoms with van der Waals surface area (Å²) in [5.41, 5.74) is 11.9. The Morgan fingerprint density at radius 3 is 2.64 bits per heavy atom.